The first-order valence-corrected chi connectivity index (χ1v) is 7.15. The van der Waals surface area contributed by atoms with Gasteiger partial charge in [0, 0.05) is 16.5 Å². The van der Waals surface area contributed by atoms with Crippen LogP contribution in [0.5, 0.6) is 0 Å². The first kappa shape index (κ1) is 12.6. The third kappa shape index (κ3) is 2.95. The maximum absolute atomic E-state index is 5.86. The fourth-order valence-electron chi connectivity index (χ4n) is 1.86. The van der Waals surface area contributed by atoms with Gasteiger partial charge in [0.25, 0.3) is 0 Å². The van der Waals surface area contributed by atoms with E-state index in [0.29, 0.717) is 11.6 Å². The summed E-state index contributed by atoms with van der Waals surface area (Å²) in [6.45, 7) is 0.738. The molecule has 3 N–H and O–H groups in total. The van der Waals surface area contributed by atoms with Gasteiger partial charge in [-0.1, -0.05) is 36.4 Å². The molecule has 2 heterocycles. The van der Waals surface area contributed by atoms with Crippen LogP contribution in [-0.2, 0) is 6.54 Å². The number of nitrogens with zero attached hydrogens (tertiary/aromatic N) is 2. The largest absolute Gasteiger partial charge is 0.384 e. The predicted octanol–water partition coefficient (Wildman–Crippen LogP) is 3.40. The Morgan fingerprint density at radius 3 is 2.65 bits per heavy atom. The SMILES string of the molecule is Nc1cc(NCc2cccs2)nc(-c2ccccc2)n1. The topological polar surface area (TPSA) is 63.8 Å². The molecule has 0 unspecified atom stereocenters. The van der Waals surface area contributed by atoms with E-state index in [4.69, 9.17) is 5.73 Å². The maximum Gasteiger partial charge on any atom is 0.163 e. The van der Waals surface area contributed by atoms with Crippen LogP contribution in [0.2, 0.25) is 0 Å². The molecule has 3 aromatic rings. The van der Waals surface area contributed by atoms with Crippen molar-refractivity contribution >= 4 is 23.0 Å². The van der Waals surface area contributed by atoms with Gasteiger partial charge in [0.1, 0.15) is 11.6 Å². The molecule has 0 radical (unpaired) electrons. The Morgan fingerprint density at radius 1 is 1.05 bits per heavy atom. The van der Waals surface area contributed by atoms with Crippen LogP contribution in [0.3, 0.4) is 0 Å². The third-order valence-corrected chi connectivity index (χ3v) is 3.68. The van der Waals surface area contributed by atoms with Crippen molar-refractivity contribution < 1.29 is 0 Å². The van der Waals surface area contributed by atoms with E-state index < -0.39 is 0 Å². The molecule has 0 fully saturated rings. The van der Waals surface area contributed by atoms with Gasteiger partial charge in [0.05, 0.1) is 6.54 Å². The van der Waals surface area contributed by atoms with Crippen LogP contribution < -0.4 is 11.1 Å². The number of nitrogen functional groups attached to an aromatic ring is 1. The Morgan fingerprint density at radius 2 is 1.90 bits per heavy atom. The molecule has 0 saturated carbocycles. The van der Waals surface area contributed by atoms with Gasteiger partial charge in [-0.05, 0) is 11.4 Å². The lowest BCUT2D eigenvalue weighted by atomic mass is 10.2. The van der Waals surface area contributed by atoms with Crippen LogP contribution in [0.1, 0.15) is 4.88 Å². The number of thiophene rings is 1. The fraction of sp³-hybridized carbons (Fsp3) is 0.0667. The number of benzene rings is 1. The summed E-state index contributed by atoms with van der Waals surface area (Å²) in [5.41, 5.74) is 6.81. The highest BCUT2D eigenvalue weighted by Gasteiger charge is 2.05. The van der Waals surface area contributed by atoms with Crippen molar-refractivity contribution in [1.82, 2.24) is 9.97 Å². The molecule has 0 bridgehead atoms. The lowest BCUT2D eigenvalue weighted by Gasteiger charge is -2.07. The van der Waals surface area contributed by atoms with E-state index in [0.717, 1.165) is 17.9 Å². The number of nitrogens with two attached hydrogens (primary N) is 1. The van der Waals surface area contributed by atoms with Crippen LogP contribution in [0.15, 0.2) is 53.9 Å². The van der Waals surface area contributed by atoms with Gasteiger partial charge in [-0.3, -0.25) is 0 Å². The standard InChI is InChI=1S/C15H14N4S/c16-13-9-14(17-10-12-7-4-8-20-12)19-15(18-13)11-5-2-1-3-6-11/h1-9H,10H2,(H3,16,17,18,19). The summed E-state index contributed by atoms with van der Waals surface area (Å²) < 4.78 is 0. The second-order valence-electron chi connectivity index (χ2n) is 4.30. The average molecular weight is 282 g/mol. The highest BCUT2D eigenvalue weighted by Crippen LogP contribution is 2.19. The lowest BCUT2D eigenvalue weighted by molar-refractivity contribution is 1.11. The zero-order valence-corrected chi connectivity index (χ0v) is 11.6. The lowest BCUT2D eigenvalue weighted by Crippen LogP contribution is -2.04. The Hall–Kier alpha value is -2.40. The molecule has 4 nitrogen and oxygen atoms in total. The molecule has 1 aromatic carbocycles. The quantitative estimate of drug-likeness (QED) is 0.770. The van der Waals surface area contributed by atoms with Gasteiger partial charge in [-0.15, -0.1) is 11.3 Å². The molecular formula is C15H14N4S. The summed E-state index contributed by atoms with van der Waals surface area (Å²) in [6.07, 6.45) is 0. The van der Waals surface area contributed by atoms with Crippen molar-refractivity contribution in [2.24, 2.45) is 0 Å². The van der Waals surface area contributed by atoms with Gasteiger partial charge in [-0.25, -0.2) is 9.97 Å². The van der Waals surface area contributed by atoms with Gasteiger partial charge in [0.15, 0.2) is 5.82 Å². The normalized spacial score (nSPS) is 10.4. The molecule has 5 heteroatoms. The van der Waals surface area contributed by atoms with E-state index in [9.17, 15) is 0 Å². The van der Waals surface area contributed by atoms with Crippen LogP contribution in [0.25, 0.3) is 11.4 Å². The predicted molar refractivity (Wildman–Crippen MR) is 83.5 cm³/mol. The number of anilines is 2. The summed E-state index contributed by atoms with van der Waals surface area (Å²) >= 11 is 1.71. The highest BCUT2D eigenvalue weighted by atomic mass is 32.1. The monoisotopic (exact) mass is 282 g/mol. The van der Waals surface area contributed by atoms with E-state index in [-0.39, 0.29) is 0 Å². The van der Waals surface area contributed by atoms with E-state index in [2.05, 4.69) is 26.7 Å². The summed E-state index contributed by atoms with van der Waals surface area (Å²) in [4.78, 5) is 10.0. The van der Waals surface area contributed by atoms with Crippen LogP contribution in [-0.4, -0.2) is 9.97 Å². The molecular weight excluding hydrogens is 268 g/mol. The Labute approximate surface area is 121 Å². The minimum absolute atomic E-state index is 0.465. The van der Waals surface area contributed by atoms with E-state index in [1.54, 1.807) is 17.4 Å². The number of rotatable bonds is 4. The van der Waals surface area contributed by atoms with Crippen molar-refractivity contribution in [2.75, 3.05) is 11.1 Å². The van der Waals surface area contributed by atoms with Crippen LogP contribution in [0, 0.1) is 0 Å². The van der Waals surface area contributed by atoms with Crippen molar-refractivity contribution in [3.63, 3.8) is 0 Å². The third-order valence-electron chi connectivity index (χ3n) is 2.80. The first-order valence-electron chi connectivity index (χ1n) is 6.27. The van der Waals surface area contributed by atoms with Crippen molar-refractivity contribution in [3.05, 3.63) is 58.8 Å². The first-order chi connectivity index (χ1) is 9.81. The van der Waals surface area contributed by atoms with Gasteiger partial charge in [0.2, 0.25) is 0 Å². The Balaban J connectivity index is 1.83. The van der Waals surface area contributed by atoms with Crippen LogP contribution in [0.4, 0.5) is 11.6 Å². The fourth-order valence-corrected chi connectivity index (χ4v) is 2.51. The maximum atomic E-state index is 5.86. The van der Waals surface area contributed by atoms with E-state index in [1.165, 1.54) is 4.88 Å². The molecule has 0 aliphatic heterocycles. The molecule has 0 saturated heterocycles. The molecule has 0 aliphatic rings. The van der Waals surface area contributed by atoms with E-state index in [1.807, 2.05) is 36.4 Å². The molecule has 20 heavy (non-hydrogen) atoms. The number of nitrogens with one attached hydrogen (secondary N) is 1. The number of hydrogen-bond donors (Lipinski definition) is 2. The second kappa shape index (κ2) is 5.71. The minimum atomic E-state index is 0.465. The number of hydrogen-bond acceptors (Lipinski definition) is 5. The van der Waals surface area contributed by atoms with Crippen molar-refractivity contribution in [3.8, 4) is 11.4 Å². The summed E-state index contributed by atoms with van der Waals surface area (Å²) in [7, 11) is 0. The van der Waals surface area contributed by atoms with Crippen molar-refractivity contribution in [2.45, 2.75) is 6.54 Å². The Kier molecular flexibility index (Phi) is 3.60. The smallest absolute Gasteiger partial charge is 0.163 e. The molecule has 100 valence electrons. The van der Waals surface area contributed by atoms with Crippen LogP contribution >= 0.6 is 11.3 Å². The molecule has 3 rings (SSSR count). The zero-order valence-electron chi connectivity index (χ0n) is 10.8. The minimum Gasteiger partial charge on any atom is -0.384 e. The Bertz CT molecular complexity index is 680. The van der Waals surface area contributed by atoms with Crippen molar-refractivity contribution in [1.29, 1.82) is 0 Å². The molecule has 0 atom stereocenters. The van der Waals surface area contributed by atoms with Gasteiger partial charge >= 0.3 is 0 Å². The summed E-state index contributed by atoms with van der Waals surface area (Å²) in [5.74, 6) is 1.84. The number of aromatic nitrogens is 2. The second-order valence-corrected chi connectivity index (χ2v) is 5.33. The average Bonchev–Trinajstić information content (AvgIpc) is 2.99. The highest BCUT2D eigenvalue weighted by molar-refractivity contribution is 7.09. The van der Waals surface area contributed by atoms with Gasteiger partial charge < -0.3 is 11.1 Å². The summed E-state index contributed by atoms with van der Waals surface area (Å²) in [6, 6.07) is 15.7. The molecule has 2 aromatic heterocycles. The molecule has 0 spiro atoms. The molecule has 0 amide bonds. The molecule has 0 aliphatic carbocycles. The van der Waals surface area contributed by atoms with E-state index >= 15 is 0 Å². The van der Waals surface area contributed by atoms with Gasteiger partial charge in [-0.2, -0.15) is 0 Å². The summed E-state index contributed by atoms with van der Waals surface area (Å²) in [5, 5.41) is 5.33. The zero-order chi connectivity index (χ0) is 13.8.